The van der Waals surface area contributed by atoms with E-state index in [4.69, 9.17) is 14.2 Å². The number of hydrogen-bond donors (Lipinski definition) is 0. The van der Waals surface area contributed by atoms with Crippen molar-refractivity contribution >= 4 is 11.0 Å². The third-order valence-corrected chi connectivity index (χ3v) is 6.14. The monoisotopic (exact) mass is 444 g/mol. The molecule has 0 saturated carbocycles. The Labute approximate surface area is 192 Å². The Balaban J connectivity index is 1.63. The standard InChI is InChI=1S/C27H25FN2O3/c1-18-19(2)30(26(21-6-4-3-5-7-21)24-17-31-14-15-32-24)27-23(12-13-29-25(18)27)33-16-20-8-10-22(28)11-9-20/h3-4,6,8-15,17,26H,5,7,16H2,1-2H3. The molecule has 1 aliphatic carbocycles. The number of rotatable bonds is 6. The van der Waals surface area contributed by atoms with Gasteiger partial charge in [-0.05, 0) is 55.5 Å². The summed E-state index contributed by atoms with van der Waals surface area (Å²) in [7, 11) is 0. The Bertz CT molecular complexity index is 1300. The van der Waals surface area contributed by atoms with Gasteiger partial charge in [0.05, 0.1) is 5.52 Å². The molecule has 5 rings (SSSR count). The Hall–Kier alpha value is -3.80. The SMILES string of the molecule is Cc1c(C)n(C(C2=CC=CCC2)C2=COC=CO2)c2c(OCc3ccc(F)cc3)ccnc12. The lowest BCUT2D eigenvalue weighted by Gasteiger charge is -2.28. The predicted octanol–water partition coefficient (Wildman–Crippen LogP) is 6.55. The first-order valence-electron chi connectivity index (χ1n) is 11.0. The highest BCUT2D eigenvalue weighted by Gasteiger charge is 2.30. The summed E-state index contributed by atoms with van der Waals surface area (Å²) < 4.78 is 33.2. The number of aryl methyl sites for hydroxylation is 1. The van der Waals surface area contributed by atoms with Gasteiger partial charge in [0, 0.05) is 18.0 Å². The molecule has 0 saturated heterocycles. The van der Waals surface area contributed by atoms with Crippen molar-refractivity contribution in [2.24, 2.45) is 0 Å². The summed E-state index contributed by atoms with van der Waals surface area (Å²) in [5.74, 6) is 1.15. The van der Waals surface area contributed by atoms with Crippen LogP contribution in [0.4, 0.5) is 4.39 Å². The van der Waals surface area contributed by atoms with Crippen LogP contribution in [0.3, 0.4) is 0 Å². The van der Waals surface area contributed by atoms with Crippen molar-refractivity contribution in [1.82, 2.24) is 9.55 Å². The molecule has 1 aromatic carbocycles. The fourth-order valence-electron chi connectivity index (χ4n) is 4.37. The second kappa shape index (κ2) is 8.98. The summed E-state index contributed by atoms with van der Waals surface area (Å²) in [6.45, 7) is 4.49. The van der Waals surface area contributed by atoms with E-state index in [1.54, 1.807) is 30.9 Å². The highest BCUT2D eigenvalue weighted by Crippen LogP contribution is 2.41. The van der Waals surface area contributed by atoms with Crippen LogP contribution in [-0.2, 0) is 16.1 Å². The number of fused-ring (bicyclic) bond motifs is 1. The highest BCUT2D eigenvalue weighted by atomic mass is 19.1. The van der Waals surface area contributed by atoms with E-state index in [-0.39, 0.29) is 11.9 Å². The summed E-state index contributed by atoms with van der Waals surface area (Å²) in [6, 6.07) is 8.02. The molecular formula is C27H25FN2O3. The smallest absolute Gasteiger partial charge is 0.165 e. The van der Waals surface area contributed by atoms with E-state index >= 15 is 0 Å². The van der Waals surface area contributed by atoms with Gasteiger partial charge in [-0.15, -0.1) is 0 Å². The third kappa shape index (κ3) is 4.04. The van der Waals surface area contributed by atoms with E-state index in [1.165, 1.54) is 24.0 Å². The van der Waals surface area contributed by atoms with Crippen LogP contribution in [0.5, 0.6) is 5.75 Å². The van der Waals surface area contributed by atoms with Crippen molar-refractivity contribution in [3.63, 3.8) is 0 Å². The summed E-state index contributed by atoms with van der Waals surface area (Å²) >= 11 is 0. The number of benzene rings is 1. The maximum atomic E-state index is 13.3. The van der Waals surface area contributed by atoms with Crippen LogP contribution >= 0.6 is 0 Å². The maximum absolute atomic E-state index is 13.3. The first kappa shape index (κ1) is 21.1. The average molecular weight is 445 g/mol. The molecular weight excluding hydrogens is 419 g/mol. The zero-order valence-corrected chi connectivity index (χ0v) is 18.6. The minimum Gasteiger partial charge on any atom is -0.487 e. The van der Waals surface area contributed by atoms with E-state index in [0.29, 0.717) is 18.1 Å². The zero-order chi connectivity index (χ0) is 22.8. The molecule has 3 aromatic rings. The fourth-order valence-corrected chi connectivity index (χ4v) is 4.37. The van der Waals surface area contributed by atoms with Gasteiger partial charge in [-0.1, -0.05) is 30.4 Å². The molecule has 0 fully saturated rings. The zero-order valence-electron chi connectivity index (χ0n) is 18.6. The average Bonchev–Trinajstić information content (AvgIpc) is 3.11. The van der Waals surface area contributed by atoms with Gasteiger partial charge in [-0.2, -0.15) is 0 Å². The van der Waals surface area contributed by atoms with E-state index in [1.807, 2.05) is 6.07 Å². The largest absolute Gasteiger partial charge is 0.487 e. The lowest BCUT2D eigenvalue weighted by Crippen LogP contribution is -2.19. The molecule has 33 heavy (non-hydrogen) atoms. The Morgan fingerprint density at radius 2 is 2.00 bits per heavy atom. The van der Waals surface area contributed by atoms with Crippen molar-refractivity contribution in [3.8, 4) is 5.75 Å². The Morgan fingerprint density at radius 1 is 1.15 bits per heavy atom. The van der Waals surface area contributed by atoms with Crippen LogP contribution in [0, 0.1) is 19.7 Å². The first-order valence-corrected chi connectivity index (χ1v) is 11.0. The van der Waals surface area contributed by atoms with Crippen molar-refractivity contribution in [1.29, 1.82) is 0 Å². The number of pyridine rings is 1. The third-order valence-electron chi connectivity index (χ3n) is 6.14. The molecule has 168 valence electrons. The van der Waals surface area contributed by atoms with Gasteiger partial charge in [-0.25, -0.2) is 4.39 Å². The molecule has 6 heteroatoms. The van der Waals surface area contributed by atoms with Gasteiger partial charge in [0.1, 0.15) is 48.5 Å². The topological polar surface area (TPSA) is 45.5 Å². The van der Waals surface area contributed by atoms with Crippen molar-refractivity contribution in [2.45, 2.75) is 39.3 Å². The van der Waals surface area contributed by atoms with Crippen LogP contribution < -0.4 is 4.74 Å². The molecule has 0 radical (unpaired) electrons. The summed E-state index contributed by atoms with van der Waals surface area (Å²) in [4.78, 5) is 4.67. The van der Waals surface area contributed by atoms with E-state index < -0.39 is 0 Å². The van der Waals surface area contributed by atoms with E-state index in [2.05, 4.69) is 41.6 Å². The predicted molar refractivity (Wildman–Crippen MR) is 125 cm³/mol. The molecule has 0 bridgehead atoms. The van der Waals surface area contributed by atoms with E-state index in [0.717, 1.165) is 40.7 Å². The van der Waals surface area contributed by atoms with Gasteiger partial charge >= 0.3 is 0 Å². The molecule has 2 aromatic heterocycles. The van der Waals surface area contributed by atoms with Gasteiger partial charge in [-0.3, -0.25) is 4.98 Å². The van der Waals surface area contributed by atoms with Crippen molar-refractivity contribution < 1.29 is 18.6 Å². The quantitative estimate of drug-likeness (QED) is 0.433. The molecule has 1 atom stereocenters. The second-order valence-corrected chi connectivity index (χ2v) is 8.16. The highest BCUT2D eigenvalue weighted by molar-refractivity contribution is 5.87. The molecule has 0 N–H and O–H groups in total. The van der Waals surface area contributed by atoms with Crippen LogP contribution in [-0.4, -0.2) is 9.55 Å². The number of allylic oxidation sites excluding steroid dienone is 4. The summed E-state index contributed by atoms with van der Waals surface area (Å²) in [5, 5.41) is 0. The molecule has 0 spiro atoms. The van der Waals surface area contributed by atoms with Crippen molar-refractivity contribution in [3.05, 3.63) is 108 Å². The Morgan fingerprint density at radius 3 is 2.73 bits per heavy atom. The van der Waals surface area contributed by atoms with Gasteiger partial charge in [0.25, 0.3) is 0 Å². The number of aromatic nitrogens is 2. The normalized spacial score (nSPS) is 16.1. The van der Waals surface area contributed by atoms with Crippen LogP contribution in [0.2, 0.25) is 0 Å². The number of nitrogens with zero attached hydrogens (tertiary/aromatic N) is 2. The molecule has 1 unspecified atom stereocenters. The van der Waals surface area contributed by atoms with Gasteiger partial charge < -0.3 is 18.8 Å². The number of halogens is 1. The lowest BCUT2D eigenvalue weighted by atomic mass is 9.96. The molecule has 3 heterocycles. The fraction of sp³-hybridized carbons (Fsp3) is 0.222. The second-order valence-electron chi connectivity index (χ2n) is 8.16. The lowest BCUT2D eigenvalue weighted by molar-refractivity contribution is 0.227. The maximum Gasteiger partial charge on any atom is 0.165 e. The molecule has 5 nitrogen and oxygen atoms in total. The molecule has 0 amide bonds. The molecule has 1 aliphatic heterocycles. The molecule has 2 aliphatic rings. The summed E-state index contributed by atoms with van der Waals surface area (Å²) in [6.07, 6.45) is 14.8. The number of ether oxygens (including phenoxy) is 3. The van der Waals surface area contributed by atoms with Gasteiger partial charge in [0.2, 0.25) is 0 Å². The minimum absolute atomic E-state index is 0.200. The minimum atomic E-state index is -0.264. The van der Waals surface area contributed by atoms with Crippen LogP contribution in [0.15, 0.2) is 84.9 Å². The van der Waals surface area contributed by atoms with Crippen LogP contribution in [0.1, 0.15) is 35.7 Å². The Kier molecular flexibility index (Phi) is 5.73. The van der Waals surface area contributed by atoms with Crippen LogP contribution in [0.25, 0.3) is 11.0 Å². The number of hydrogen-bond acceptors (Lipinski definition) is 4. The first-order chi connectivity index (χ1) is 16.1. The van der Waals surface area contributed by atoms with Crippen molar-refractivity contribution in [2.75, 3.05) is 0 Å². The van der Waals surface area contributed by atoms with Gasteiger partial charge in [0.15, 0.2) is 5.76 Å². The summed E-state index contributed by atoms with van der Waals surface area (Å²) in [5.41, 5.74) is 6.05. The van der Waals surface area contributed by atoms with E-state index in [9.17, 15) is 4.39 Å².